The lowest BCUT2D eigenvalue weighted by atomic mass is 10.0. The van der Waals surface area contributed by atoms with Gasteiger partial charge in [0.05, 0.1) is 23.0 Å². The van der Waals surface area contributed by atoms with Gasteiger partial charge >= 0.3 is 0 Å². The largest absolute Gasteiger partial charge is 0.342 e. The third kappa shape index (κ3) is 2.24. The molecule has 0 saturated heterocycles. The van der Waals surface area contributed by atoms with Crippen molar-refractivity contribution in [1.29, 1.82) is 0 Å². The number of hydrogen-bond donors (Lipinski definition) is 1. The summed E-state index contributed by atoms with van der Waals surface area (Å²) in [5, 5.41) is 6.96. The molecule has 0 spiro atoms. The van der Waals surface area contributed by atoms with Gasteiger partial charge in [0.25, 0.3) is 5.91 Å². The molecule has 4 rings (SSSR count). The first-order chi connectivity index (χ1) is 11.5. The first-order valence-corrected chi connectivity index (χ1v) is 7.58. The van der Waals surface area contributed by atoms with Crippen molar-refractivity contribution in [1.82, 2.24) is 19.9 Å². The SMILES string of the molecule is Cc1c(C(=O)NC2(c3cc(F)ccc3F)CC2)cnc2ccnn12. The highest BCUT2D eigenvalue weighted by Crippen LogP contribution is 2.46. The first kappa shape index (κ1) is 14.7. The molecule has 1 aliphatic carbocycles. The molecule has 1 aromatic carbocycles. The van der Waals surface area contributed by atoms with Gasteiger partial charge in [0.2, 0.25) is 0 Å². The van der Waals surface area contributed by atoms with E-state index in [0.29, 0.717) is 29.7 Å². The number of carbonyl (C=O) groups is 1. The normalized spacial score (nSPS) is 15.5. The van der Waals surface area contributed by atoms with Crippen LogP contribution >= 0.6 is 0 Å². The van der Waals surface area contributed by atoms with Gasteiger partial charge in [0.1, 0.15) is 11.6 Å². The molecule has 122 valence electrons. The van der Waals surface area contributed by atoms with Gasteiger partial charge < -0.3 is 5.32 Å². The molecule has 1 aliphatic rings. The van der Waals surface area contributed by atoms with E-state index in [9.17, 15) is 13.6 Å². The zero-order valence-electron chi connectivity index (χ0n) is 12.9. The zero-order valence-corrected chi connectivity index (χ0v) is 12.9. The van der Waals surface area contributed by atoms with E-state index >= 15 is 0 Å². The van der Waals surface area contributed by atoms with Crippen molar-refractivity contribution in [2.45, 2.75) is 25.3 Å². The lowest BCUT2D eigenvalue weighted by Gasteiger charge is -2.19. The van der Waals surface area contributed by atoms with Gasteiger partial charge in [0.15, 0.2) is 5.65 Å². The molecule has 3 aromatic rings. The Morgan fingerprint density at radius 1 is 1.29 bits per heavy atom. The molecule has 1 fully saturated rings. The van der Waals surface area contributed by atoms with Crippen molar-refractivity contribution in [2.75, 3.05) is 0 Å². The predicted molar refractivity (Wildman–Crippen MR) is 82.5 cm³/mol. The number of halogens is 2. The standard InChI is InChI=1S/C17H14F2N4O/c1-10-12(9-20-15-4-7-21-23(10)15)16(24)22-17(5-6-17)13-8-11(18)2-3-14(13)19/h2-4,7-9H,5-6H2,1H3,(H,22,24). The van der Waals surface area contributed by atoms with Crippen LogP contribution in [0, 0.1) is 18.6 Å². The van der Waals surface area contributed by atoms with E-state index in [2.05, 4.69) is 15.4 Å². The molecular formula is C17H14F2N4O. The summed E-state index contributed by atoms with van der Waals surface area (Å²) in [7, 11) is 0. The number of aromatic nitrogens is 3. The van der Waals surface area contributed by atoms with Gasteiger partial charge in [-0.3, -0.25) is 4.79 Å². The quantitative estimate of drug-likeness (QED) is 0.804. The zero-order chi connectivity index (χ0) is 16.9. The molecule has 0 unspecified atom stereocenters. The van der Waals surface area contributed by atoms with Crippen LogP contribution in [0.1, 0.15) is 34.5 Å². The number of rotatable bonds is 3. The van der Waals surface area contributed by atoms with E-state index in [1.54, 1.807) is 23.7 Å². The summed E-state index contributed by atoms with van der Waals surface area (Å²) in [6, 6.07) is 5.03. The van der Waals surface area contributed by atoms with Crippen LogP contribution in [0.3, 0.4) is 0 Å². The van der Waals surface area contributed by atoms with E-state index in [-0.39, 0.29) is 11.5 Å². The Kier molecular flexibility index (Phi) is 3.13. The van der Waals surface area contributed by atoms with Crippen molar-refractivity contribution in [3.63, 3.8) is 0 Å². The predicted octanol–water partition coefficient (Wildman–Crippen LogP) is 2.74. The van der Waals surface area contributed by atoms with Crippen LogP contribution in [-0.2, 0) is 5.54 Å². The molecular weight excluding hydrogens is 314 g/mol. The van der Waals surface area contributed by atoms with Crippen LogP contribution in [-0.4, -0.2) is 20.5 Å². The topological polar surface area (TPSA) is 59.3 Å². The van der Waals surface area contributed by atoms with Gasteiger partial charge in [-0.25, -0.2) is 18.3 Å². The third-order valence-corrected chi connectivity index (χ3v) is 4.45. The molecule has 0 bridgehead atoms. The number of nitrogens with zero attached hydrogens (tertiary/aromatic N) is 3. The van der Waals surface area contributed by atoms with Crippen LogP contribution in [0.25, 0.3) is 5.65 Å². The minimum absolute atomic E-state index is 0.182. The second-order valence-electron chi connectivity index (χ2n) is 6.02. The highest BCUT2D eigenvalue weighted by molar-refractivity contribution is 5.96. The number of carbonyl (C=O) groups excluding carboxylic acids is 1. The van der Waals surface area contributed by atoms with Gasteiger partial charge in [-0.2, -0.15) is 5.10 Å². The number of fused-ring (bicyclic) bond motifs is 1. The van der Waals surface area contributed by atoms with Gasteiger partial charge in [-0.1, -0.05) is 0 Å². The molecule has 0 radical (unpaired) electrons. The van der Waals surface area contributed by atoms with Crippen LogP contribution in [0.4, 0.5) is 8.78 Å². The number of hydrogen-bond acceptors (Lipinski definition) is 3. The molecule has 0 atom stereocenters. The van der Waals surface area contributed by atoms with Crippen molar-refractivity contribution < 1.29 is 13.6 Å². The maximum atomic E-state index is 14.1. The first-order valence-electron chi connectivity index (χ1n) is 7.58. The smallest absolute Gasteiger partial charge is 0.255 e. The summed E-state index contributed by atoms with van der Waals surface area (Å²) in [5.74, 6) is -1.42. The highest BCUT2D eigenvalue weighted by Gasteiger charge is 2.48. The molecule has 1 saturated carbocycles. The van der Waals surface area contributed by atoms with Gasteiger partial charge in [-0.15, -0.1) is 0 Å². The fraction of sp³-hybridized carbons (Fsp3) is 0.235. The van der Waals surface area contributed by atoms with E-state index in [4.69, 9.17) is 0 Å². The Morgan fingerprint density at radius 3 is 2.83 bits per heavy atom. The van der Waals surface area contributed by atoms with E-state index in [0.717, 1.165) is 18.2 Å². The molecule has 7 heteroatoms. The Balaban J connectivity index is 1.68. The Hall–Kier alpha value is -2.83. The minimum Gasteiger partial charge on any atom is -0.342 e. The third-order valence-electron chi connectivity index (χ3n) is 4.45. The van der Waals surface area contributed by atoms with Crippen LogP contribution < -0.4 is 5.32 Å². The highest BCUT2D eigenvalue weighted by atomic mass is 19.1. The lowest BCUT2D eigenvalue weighted by molar-refractivity contribution is 0.0928. The Labute approximate surface area is 136 Å². The van der Waals surface area contributed by atoms with Crippen molar-refractivity contribution >= 4 is 11.6 Å². The molecule has 0 aliphatic heterocycles. The summed E-state index contributed by atoms with van der Waals surface area (Å²) in [4.78, 5) is 16.8. The number of amides is 1. The second kappa shape index (κ2) is 5.09. The van der Waals surface area contributed by atoms with Crippen LogP contribution in [0.5, 0.6) is 0 Å². The summed E-state index contributed by atoms with van der Waals surface area (Å²) in [6.45, 7) is 1.76. The number of benzene rings is 1. The number of aryl methyl sites for hydroxylation is 1. The molecule has 1 amide bonds. The van der Waals surface area contributed by atoms with Gasteiger partial charge in [-0.05, 0) is 38.0 Å². The van der Waals surface area contributed by atoms with E-state index in [1.165, 1.54) is 6.20 Å². The summed E-state index contributed by atoms with van der Waals surface area (Å²) in [5.41, 5.74) is 0.963. The fourth-order valence-corrected chi connectivity index (χ4v) is 2.95. The van der Waals surface area contributed by atoms with Gasteiger partial charge in [0, 0.05) is 17.8 Å². The minimum atomic E-state index is -0.852. The molecule has 5 nitrogen and oxygen atoms in total. The van der Waals surface area contributed by atoms with Crippen molar-refractivity contribution in [3.05, 3.63) is 65.1 Å². The second-order valence-corrected chi connectivity index (χ2v) is 6.02. The van der Waals surface area contributed by atoms with Crippen molar-refractivity contribution in [2.24, 2.45) is 0 Å². The average molecular weight is 328 g/mol. The summed E-state index contributed by atoms with van der Waals surface area (Å²) in [6.07, 6.45) is 4.20. The summed E-state index contributed by atoms with van der Waals surface area (Å²) >= 11 is 0. The number of nitrogens with one attached hydrogen (secondary N) is 1. The maximum absolute atomic E-state index is 14.1. The van der Waals surface area contributed by atoms with Crippen molar-refractivity contribution in [3.8, 4) is 0 Å². The summed E-state index contributed by atoms with van der Waals surface area (Å²) < 4.78 is 29.1. The lowest BCUT2D eigenvalue weighted by Crippen LogP contribution is -2.36. The molecule has 1 N–H and O–H groups in total. The fourth-order valence-electron chi connectivity index (χ4n) is 2.95. The van der Waals surface area contributed by atoms with E-state index in [1.807, 2.05) is 0 Å². The Bertz CT molecular complexity index is 962. The average Bonchev–Trinajstić information content (AvgIpc) is 3.16. The van der Waals surface area contributed by atoms with Crippen LogP contribution in [0.2, 0.25) is 0 Å². The monoisotopic (exact) mass is 328 g/mol. The van der Waals surface area contributed by atoms with E-state index < -0.39 is 17.2 Å². The molecule has 2 heterocycles. The molecule has 2 aromatic heterocycles. The van der Waals surface area contributed by atoms with Crippen LogP contribution in [0.15, 0.2) is 36.7 Å². The molecule has 24 heavy (non-hydrogen) atoms. The maximum Gasteiger partial charge on any atom is 0.255 e. The Morgan fingerprint density at radius 2 is 2.08 bits per heavy atom.